The molecule has 118 valence electrons. The zero-order valence-corrected chi connectivity index (χ0v) is 16.8. The SMILES string of the molecule is CCCN([SiH2][SiH2]N(CCC)C1CCCC1)C1CCCC1. The Morgan fingerprint density at radius 2 is 1.05 bits per heavy atom. The smallest absolute Gasteiger partial charge is 0.0972 e. The van der Waals surface area contributed by atoms with Crippen LogP contribution in [-0.4, -0.2) is 52.7 Å². The first-order valence-corrected chi connectivity index (χ1v) is 14.6. The van der Waals surface area contributed by atoms with E-state index in [0.29, 0.717) is 0 Å². The van der Waals surface area contributed by atoms with Gasteiger partial charge in [-0.1, -0.05) is 39.5 Å². The van der Waals surface area contributed by atoms with Gasteiger partial charge in [0.25, 0.3) is 0 Å². The average Bonchev–Trinajstić information content (AvgIpc) is 3.14. The molecule has 0 amide bonds. The van der Waals surface area contributed by atoms with Crippen molar-refractivity contribution < 1.29 is 0 Å². The summed E-state index contributed by atoms with van der Waals surface area (Å²) in [5.74, 6) is 0. The highest BCUT2D eigenvalue weighted by molar-refractivity contribution is 6.97. The Morgan fingerprint density at radius 3 is 1.35 bits per heavy atom. The fraction of sp³-hybridized carbons (Fsp3) is 1.00. The van der Waals surface area contributed by atoms with Crippen molar-refractivity contribution in [2.24, 2.45) is 0 Å². The molecule has 0 radical (unpaired) electrons. The van der Waals surface area contributed by atoms with Gasteiger partial charge in [0.15, 0.2) is 0 Å². The van der Waals surface area contributed by atoms with E-state index in [-0.39, 0.29) is 18.4 Å². The van der Waals surface area contributed by atoms with Crippen LogP contribution in [0.3, 0.4) is 0 Å². The van der Waals surface area contributed by atoms with Crippen LogP contribution in [0.25, 0.3) is 0 Å². The van der Waals surface area contributed by atoms with Crippen molar-refractivity contribution in [2.45, 2.75) is 90.1 Å². The summed E-state index contributed by atoms with van der Waals surface area (Å²) in [5, 5.41) is 0. The van der Waals surface area contributed by atoms with Gasteiger partial charge in [-0.05, 0) is 51.6 Å². The Bertz CT molecular complexity index is 225. The maximum atomic E-state index is 3.01. The fourth-order valence-electron chi connectivity index (χ4n) is 4.32. The van der Waals surface area contributed by atoms with Gasteiger partial charge in [0.2, 0.25) is 0 Å². The van der Waals surface area contributed by atoms with Crippen molar-refractivity contribution in [1.82, 2.24) is 9.13 Å². The van der Waals surface area contributed by atoms with E-state index >= 15 is 0 Å². The van der Waals surface area contributed by atoms with E-state index in [0.717, 1.165) is 12.1 Å². The lowest BCUT2D eigenvalue weighted by molar-refractivity contribution is 0.324. The molecule has 0 heterocycles. The molecule has 0 aromatic heterocycles. The van der Waals surface area contributed by atoms with Crippen LogP contribution in [0, 0.1) is 0 Å². The summed E-state index contributed by atoms with van der Waals surface area (Å²) in [4.78, 5) is 0. The van der Waals surface area contributed by atoms with E-state index < -0.39 is 0 Å². The second kappa shape index (κ2) is 9.39. The van der Waals surface area contributed by atoms with Gasteiger partial charge in [-0.2, -0.15) is 0 Å². The van der Waals surface area contributed by atoms with Gasteiger partial charge in [0.05, 0.1) is 18.4 Å². The highest BCUT2D eigenvalue weighted by atomic mass is 29.2. The summed E-state index contributed by atoms with van der Waals surface area (Å²) in [7, 11) is 0.163. The van der Waals surface area contributed by atoms with Crippen molar-refractivity contribution in [1.29, 1.82) is 0 Å². The molecule has 0 atom stereocenters. The third-order valence-corrected chi connectivity index (χ3v) is 12.4. The largest absolute Gasteiger partial charge is 0.328 e. The van der Waals surface area contributed by atoms with E-state index in [1.165, 1.54) is 77.3 Å². The van der Waals surface area contributed by atoms with Crippen LogP contribution in [0.2, 0.25) is 0 Å². The first-order chi connectivity index (χ1) is 9.85. The fourth-order valence-corrected chi connectivity index (χ4v) is 12.5. The zero-order chi connectivity index (χ0) is 14.2. The van der Waals surface area contributed by atoms with Gasteiger partial charge >= 0.3 is 0 Å². The lowest BCUT2D eigenvalue weighted by Crippen LogP contribution is -2.48. The number of hydrogen-bond acceptors (Lipinski definition) is 2. The van der Waals surface area contributed by atoms with Crippen molar-refractivity contribution >= 4 is 18.4 Å². The molecule has 0 saturated heterocycles. The third-order valence-electron chi connectivity index (χ3n) is 5.38. The van der Waals surface area contributed by atoms with Crippen LogP contribution < -0.4 is 0 Å². The maximum absolute atomic E-state index is 3.01. The van der Waals surface area contributed by atoms with Gasteiger partial charge in [-0.3, -0.25) is 0 Å². The molecular formula is C16H36N2Si2. The Balaban J connectivity index is 1.81. The lowest BCUT2D eigenvalue weighted by atomic mass is 10.2. The molecule has 0 unspecified atom stereocenters. The molecule has 0 aliphatic heterocycles. The minimum absolute atomic E-state index is 0.0816. The molecule has 0 bridgehead atoms. The minimum atomic E-state index is 0.0816. The molecule has 0 spiro atoms. The predicted octanol–water partition coefficient (Wildman–Crippen LogP) is 2.38. The van der Waals surface area contributed by atoms with Crippen molar-refractivity contribution in [2.75, 3.05) is 13.1 Å². The molecule has 0 aromatic carbocycles. The normalized spacial score (nSPS) is 22.8. The van der Waals surface area contributed by atoms with E-state index in [1.54, 1.807) is 0 Å². The Labute approximate surface area is 131 Å². The topological polar surface area (TPSA) is 6.48 Å². The summed E-state index contributed by atoms with van der Waals surface area (Å²) < 4.78 is 6.02. The molecule has 2 saturated carbocycles. The molecule has 20 heavy (non-hydrogen) atoms. The molecule has 2 fully saturated rings. The Hall–Kier alpha value is 0.354. The Morgan fingerprint density at radius 1 is 0.700 bits per heavy atom. The summed E-state index contributed by atoms with van der Waals surface area (Å²) in [5.41, 5.74) is 0. The van der Waals surface area contributed by atoms with Gasteiger partial charge in [-0.15, -0.1) is 0 Å². The third kappa shape index (κ3) is 4.97. The predicted molar refractivity (Wildman–Crippen MR) is 95.6 cm³/mol. The van der Waals surface area contributed by atoms with Gasteiger partial charge in [0.1, 0.15) is 0 Å². The lowest BCUT2D eigenvalue weighted by Gasteiger charge is -2.33. The minimum Gasteiger partial charge on any atom is -0.328 e. The molecule has 2 nitrogen and oxygen atoms in total. The molecule has 2 aliphatic carbocycles. The number of rotatable bonds is 9. The van der Waals surface area contributed by atoms with E-state index in [9.17, 15) is 0 Å². The summed E-state index contributed by atoms with van der Waals surface area (Å²) in [6, 6.07) is 2.00. The quantitative estimate of drug-likeness (QED) is 0.603. The van der Waals surface area contributed by atoms with Gasteiger partial charge in [0, 0.05) is 12.1 Å². The monoisotopic (exact) mass is 312 g/mol. The van der Waals surface area contributed by atoms with Crippen LogP contribution in [0.5, 0.6) is 0 Å². The average molecular weight is 313 g/mol. The maximum Gasteiger partial charge on any atom is 0.0972 e. The van der Waals surface area contributed by atoms with Gasteiger partial charge in [-0.25, -0.2) is 0 Å². The summed E-state index contributed by atoms with van der Waals surface area (Å²) in [6.07, 6.45) is 14.8. The van der Waals surface area contributed by atoms with Crippen LogP contribution in [0.1, 0.15) is 78.1 Å². The van der Waals surface area contributed by atoms with Crippen LogP contribution in [0.4, 0.5) is 0 Å². The van der Waals surface area contributed by atoms with Crippen LogP contribution >= 0.6 is 0 Å². The molecule has 4 heteroatoms. The Kier molecular flexibility index (Phi) is 7.85. The molecule has 2 rings (SSSR count). The molecule has 0 aromatic rings. The van der Waals surface area contributed by atoms with Crippen LogP contribution in [0.15, 0.2) is 0 Å². The van der Waals surface area contributed by atoms with E-state index in [2.05, 4.69) is 23.0 Å². The van der Waals surface area contributed by atoms with Crippen molar-refractivity contribution in [3.05, 3.63) is 0 Å². The van der Waals surface area contributed by atoms with Crippen molar-refractivity contribution in [3.63, 3.8) is 0 Å². The summed E-state index contributed by atoms with van der Waals surface area (Å²) >= 11 is 0. The molecular weight excluding hydrogens is 276 g/mol. The highest BCUT2D eigenvalue weighted by Crippen LogP contribution is 2.25. The molecule has 0 N–H and O–H groups in total. The zero-order valence-electron chi connectivity index (χ0n) is 13.9. The standard InChI is InChI=1S/C16H36N2Si2/c1-3-13-17(15-9-5-6-10-15)19-20-18(14-4-2)16-11-7-8-12-16/h15-16H,3-14,19-20H2,1-2H3. The summed E-state index contributed by atoms with van der Waals surface area (Å²) in [6.45, 7) is 7.57. The number of nitrogens with zero attached hydrogens (tertiary/aromatic N) is 2. The second-order valence-corrected chi connectivity index (χ2v) is 12.2. The van der Waals surface area contributed by atoms with E-state index in [1.807, 2.05) is 0 Å². The second-order valence-electron chi connectivity index (χ2n) is 6.95. The first kappa shape index (κ1) is 16.7. The first-order valence-electron chi connectivity index (χ1n) is 9.33. The van der Waals surface area contributed by atoms with Crippen molar-refractivity contribution in [3.8, 4) is 0 Å². The highest BCUT2D eigenvalue weighted by Gasteiger charge is 2.25. The van der Waals surface area contributed by atoms with Crippen LogP contribution in [-0.2, 0) is 0 Å². The number of hydrogen-bond donors (Lipinski definition) is 0. The van der Waals surface area contributed by atoms with E-state index in [4.69, 9.17) is 0 Å². The van der Waals surface area contributed by atoms with Gasteiger partial charge < -0.3 is 9.13 Å². The molecule has 2 aliphatic rings.